The van der Waals surface area contributed by atoms with Gasteiger partial charge in [0.25, 0.3) is 16.1 Å². The van der Waals surface area contributed by atoms with Crippen molar-refractivity contribution in [2.75, 3.05) is 40.3 Å². The van der Waals surface area contributed by atoms with Gasteiger partial charge in [0.15, 0.2) is 0 Å². The largest absolute Gasteiger partial charge is 0.339 e. The van der Waals surface area contributed by atoms with E-state index in [-0.39, 0.29) is 11.8 Å². The molecule has 1 atom stereocenters. The molecule has 9 heteroatoms. The van der Waals surface area contributed by atoms with E-state index in [1.807, 2.05) is 11.8 Å². The summed E-state index contributed by atoms with van der Waals surface area (Å²) in [7, 11) is -0.352. The molecule has 3 rings (SSSR count). The first-order valence-electron chi connectivity index (χ1n) is 9.61. The number of aryl methyl sites for hydroxylation is 1. The SMILES string of the molecule is Cc1nc(C2CCCN(S(=O)(=O)N(C)C)C2)ncc1C(=O)N1CCCCC1. The number of likely N-dealkylation sites (tertiary alicyclic amines) is 1. The monoisotopic (exact) mass is 395 g/mol. The summed E-state index contributed by atoms with van der Waals surface area (Å²) in [6.45, 7) is 4.31. The zero-order chi connectivity index (χ0) is 19.6. The highest BCUT2D eigenvalue weighted by Crippen LogP contribution is 2.27. The van der Waals surface area contributed by atoms with Crippen LogP contribution in [0.25, 0.3) is 0 Å². The summed E-state index contributed by atoms with van der Waals surface area (Å²) < 4.78 is 27.5. The van der Waals surface area contributed by atoms with Gasteiger partial charge in [-0.3, -0.25) is 4.79 Å². The zero-order valence-corrected chi connectivity index (χ0v) is 17.2. The highest BCUT2D eigenvalue weighted by atomic mass is 32.2. The van der Waals surface area contributed by atoms with E-state index in [1.165, 1.54) is 15.0 Å². The van der Waals surface area contributed by atoms with Gasteiger partial charge in [0.05, 0.1) is 11.3 Å². The van der Waals surface area contributed by atoms with Crippen molar-refractivity contribution in [3.8, 4) is 0 Å². The number of aromatic nitrogens is 2. The molecular formula is C18H29N5O3S. The number of hydrogen-bond acceptors (Lipinski definition) is 5. The van der Waals surface area contributed by atoms with E-state index >= 15 is 0 Å². The third-order valence-electron chi connectivity index (χ3n) is 5.41. The molecule has 1 unspecified atom stereocenters. The Morgan fingerprint density at radius 3 is 2.48 bits per heavy atom. The van der Waals surface area contributed by atoms with Gasteiger partial charge in [0.2, 0.25) is 0 Å². The summed E-state index contributed by atoms with van der Waals surface area (Å²) in [6.07, 6.45) is 6.50. The molecule has 0 saturated carbocycles. The molecule has 2 fully saturated rings. The number of rotatable bonds is 4. The van der Waals surface area contributed by atoms with Gasteiger partial charge in [-0.2, -0.15) is 17.0 Å². The molecule has 0 aliphatic carbocycles. The summed E-state index contributed by atoms with van der Waals surface area (Å²) in [5.41, 5.74) is 1.22. The second kappa shape index (κ2) is 8.20. The van der Waals surface area contributed by atoms with Gasteiger partial charge >= 0.3 is 0 Å². The molecule has 27 heavy (non-hydrogen) atoms. The third kappa shape index (κ3) is 4.30. The van der Waals surface area contributed by atoms with Gasteiger partial charge in [0.1, 0.15) is 5.82 Å². The van der Waals surface area contributed by atoms with Crippen molar-refractivity contribution in [1.29, 1.82) is 0 Å². The molecule has 0 aromatic carbocycles. The highest BCUT2D eigenvalue weighted by molar-refractivity contribution is 7.86. The van der Waals surface area contributed by atoms with Gasteiger partial charge in [-0.25, -0.2) is 9.97 Å². The predicted octanol–water partition coefficient (Wildman–Crippen LogP) is 1.40. The van der Waals surface area contributed by atoms with Crippen molar-refractivity contribution in [3.05, 3.63) is 23.3 Å². The van der Waals surface area contributed by atoms with Crippen LogP contribution in [0.4, 0.5) is 0 Å². The van der Waals surface area contributed by atoms with Crippen LogP contribution in [0.3, 0.4) is 0 Å². The first-order chi connectivity index (χ1) is 12.8. The predicted molar refractivity (Wildman–Crippen MR) is 103 cm³/mol. The highest BCUT2D eigenvalue weighted by Gasteiger charge is 2.32. The minimum absolute atomic E-state index is 0.000735. The Bertz CT molecular complexity index is 790. The van der Waals surface area contributed by atoms with Crippen LogP contribution in [0.2, 0.25) is 0 Å². The van der Waals surface area contributed by atoms with Crippen LogP contribution < -0.4 is 0 Å². The van der Waals surface area contributed by atoms with Crippen LogP contribution >= 0.6 is 0 Å². The van der Waals surface area contributed by atoms with Crippen molar-refractivity contribution in [2.45, 2.75) is 44.9 Å². The van der Waals surface area contributed by atoms with E-state index in [4.69, 9.17) is 0 Å². The molecule has 1 amide bonds. The fourth-order valence-electron chi connectivity index (χ4n) is 3.75. The average Bonchev–Trinajstić information content (AvgIpc) is 2.68. The van der Waals surface area contributed by atoms with Crippen molar-refractivity contribution >= 4 is 16.1 Å². The molecule has 2 aliphatic rings. The molecule has 0 bridgehead atoms. The van der Waals surface area contributed by atoms with Crippen LogP contribution in [0.5, 0.6) is 0 Å². The lowest BCUT2D eigenvalue weighted by atomic mass is 9.98. The minimum Gasteiger partial charge on any atom is -0.339 e. The second-order valence-electron chi connectivity index (χ2n) is 7.57. The van der Waals surface area contributed by atoms with E-state index in [0.717, 1.165) is 38.8 Å². The maximum Gasteiger partial charge on any atom is 0.281 e. The fourth-order valence-corrected chi connectivity index (χ4v) is 4.94. The third-order valence-corrected chi connectivity index (χ3v) is 7.32. The minimum atomic E-state index is -3.44. The average molecular weight is 396 g/mol. The molecule has 0 N–H and O–H groups in total. The van der Waals surface area contributed by atoms with Crippen LogP contribution in [-0.4, -0.2) is 78.1 Å². The Labute approximate surface area is 161 Å². The van der Waals surface area contributed by atoms with E-state index < -0.39 is 10.2 Å². The van der Waals surface area contributed by atoms with Gasteiger partial charge < -0.3 is 4.90 Å². The first-order valence-corrected chi connectivity index (χ1v) is 11.0. The Kier molecular flexibility index (Phi) is 6.12. The van der Waals surface area contributed by atoms with Crippen LogP contribution in [0, 0.1) is 6.92 Å². The van der Waals surface area contributed by atoms with E-state index in [9.17, 15) is 13.2 Å². The van der Waals surface area contributed by atoms with Crippen LogP contribution in [0.15, 0.2) is 6.20 Å². The smallest absolute Gasteiger partial charge is 0.281 e. The number of carbonyl (C=O) groups excluding carboxylic acids is 1. The molecule has 0 spiro atoms. The first kappa shape index (κ1) is 20.2. The summed E-state index contributed by atoms with van der Waals surface area (Å²) >= 11 is 0. The Morgan fingerprint density at radius 1 is 1.15 bits per heavy atom. The zero-order valence-electron chi connectivity index (χ0n) is 16.4. The number of hydrogen-bond donors (Lipinski definition) is 0. The molecule has 8 nitrogen and oxygen atoms in total. The van der Waals surface area contributed by atoms with Crippen molar-refractivity contribution < 1.29 is 13.2 Å². The molecule has 1 aromatic heterocycles. The van der Waals surface area contributed by atoms with Crippen molar-refractivity contribution in [3.63, 3.8) is 0 Å². The standard InChI is InChI=1S/C18H29N5O3S/c1-14-16(18(24)22-9-5-4-6-10-22)12-19-17(20-14)15-8-7-11-23(13-15)27(25,26)21(2)3/h12,15H,4-11,13H2,1-3H3. The van der Waals surface area contributed by atoms with Gasteiger partial charge in [-0.1, -0.05) is 0 Å². The van der Waals surface area contributed by atoms with Crippen LogP contribution in [0.1, 0.15) is 59.9 Å². The Hall–Kier alpha value is -1.58. The van der Waals surface area contributed by atoms with Crippen molar-refractivity contribution in [1.82, 2.24) is 23.5 Å². The van der Waals surface area contributed by atoms with E-state index in [0.29, 0.717) is 30.2 Å². The molecule has 150 valence electrons. The summed E-state index contributed by atoms with van der Waals surface area (Å²) in [5.74, 6) is 0.576. The van der Waals surface area contributed by atoms with E-state index in [2.05, 4.69) is 9.97 Å². The molecule has 1 aromatic rings. The maximum absolute atomic E-state index is 12.7. The Morgan fingerprint density at radius 2 is 1.85 bits per heavy atom. The lowest BCUT2D eigenvalue weighted by molar-refractivity contribution is 0.0722. The van der Waals surface area contributed by atoms with Gasteiger partial charge in [-0.15, -0.1) is 0 Å². The molecule has 2 aliphatic heterocycles. The lowest BCUT2D eigenvalue weighted by Crippen LogP contribution is -2.45. The van der Waals surface area contributed by atoms with Crippen LogP contribution in [-0.2, 0) is 10.2 Å². The molecule has 2 saturated heterocycles. The maximum atomic E-state index is 12.7. The fraction of sp³-hybridized carbons (Fsp3) is 0.722. The quantitative estimate of drug-likeness (QED) is 0.769. The number of nitrogens with zero attached hydrogens (tertiary/aromatic N) is 5. The van der Waals surface area contributed by atoms with E-state index in [1.54, 1.807) is 20.3 Å². The summed E-state index contributed by atoms with van der Waals surface area (Å²) in [6, 6.07) is 0. The molecular weight excluding hydrogens is 366 g/mol. The summed E-state index contributed by atoms with van der Waals surface area (Å²) in [4.78, 5) is 23.6. The lowest BCUT2D eigenvalue weighted by Gasteiger charge is -2.33. The van der Waals surface area contributed by atoms with Gasteiger partial charge in [0, 0.05) is 52.4 Å². The normalized spacial score (nSPS) is 22.2. The molecule has 0 radical (unpaired) electrons. The van der Waals surface area contributed by atoms with Gasteiger partial charge in [-0.05, 0) is 39.0 Å². The topological polar surface area (TPSA) is 86.7 Å². The summed E-state index contributed by atoms with van der Waals surface area (Å²) in [5, 5.41) is 0. The number of piperidine rings is 2. The Balaban J connectivity index is 1.76. The van der Waals surface area contributed by atoms with Crippen molar-refractivity contribution in [2.24, 2.45) is 0 Å². The second-order valence-corrected chi connectivity index (χ2v) is 9.71. The number of amides is 1. The molecule has 3 heterocycles. The number of carbonyl (C=O) groups is 1.